The predicted octanol–water partition coefficient (Wildman–Crippen LogP) is 0.593. The number of piperidine rings is 1. The van der Waals surface area contributed by atoms with Gasteiger partial charge in [0.2, 0.25) is 22.7 Å². The third kappa shape index (κ3) is 4.26. The fourth-order valence-corrected chi connectivity index (χ4v) is 4.04. The van der Waals surface area contributed by atoms with Crippen LogP contribution in [-0.4, -0.2) is 65.0 Å². The molecule has 0 atom stereocenters. The lowest BCUT2D eigenvalue weighted by Crippen LogP contribution is -2.46. The largest absolute Gasteiger partial charge is 0.469 e. The molecular formula is C17H22N2O7S. The minimum Gasteiger partial charge on any atom is -0.469 e. The monoisotopic (exact) mass is 398 g/mol. The maximum Gasteiger partial charge on any atom is 0.308 e. The average Bonchev–Trinajstić information content (AvgIpc) is 3.12. The molecule has 0 N–H and O–H groups in total. The second kappa shape index (κ2) is 7.63. The molecule has 1 amide bonds. The molecule has 27 heavy (non-hydrogen) atoms. The molecular weight excluding hydrogens is 376 g/mol. The van der Waals surface area contributed by atoms with Gasteiger partial charge in [0.15, 0.2) is 11.5 Å². The third-order valence-electron chi connectivity index (χ3n) is 4.71. The van der Waals surface area contributed by atoms with Gasteiger partial charge >= 0.3 is 5.97 Å². The van der Waals surface area contributed by atoms with Crippen molar-refractivity contribution in [3.8, 4) is 11.5 Å². The highest BCUT2D eigenvalue weighted by molar-refractivity contribution is 7.92. The summed E-state index contributed by atoms with van der Waals surface area (Å²) in [5, 5.41) is 0. The van der Waals surface area contributed by atoms with Crippen molar-refractivity contribution in [2.75, 3.05) is 44.1 Å². The number of sulfonamides is 1. The molecule has 1 fully saturated rings. The zero-order chi connectivity index (χ0) is 19.6. The first-order chi connectivity index (χ1) is 12.8. The molecule has 1 saturated heterocycles. The Morgan fingerprint density at radius 3 is 2.52 bits per heavy atom. The number of esters is 1. The van der Waals surface area contributed by atoms with Gasteiger partial charge in [-0.25, -0.2) is 8.42 Å². The van der Waals surface area contributed by atoms with Crippen molar-refractivity contribution in [1.29, 1.82) is 0 Å². The van der Waals surface area contributed by atoms with Gasteiger partial charge in [-0.15, -0.1) is 0 Å². The number of rotatable bonds is 5. The van der Waals surface area contributed by atoms with Crippen LogP contribution in [0.4, 0.5) is 5.69 Å². The number of fused-ring (bicyclic) bond motifs is 1. The van der Waals surface area contributed by atoms with Crippen molar-refractivity contribution in [2.24, 2.45) is 5.92 Å². The van der Waals surface area contributed by atoms with Crippen LogP contribution in [0.15, 0.2) is 18.2 Å². The predicted molar refractivity (Wildman–Crippen MR) is 96.1 cm³/mol. The van der Waals surface area contributed by atoms with Crippen molar-refractivity contribution >= 4 is 27.6 Å². The van der Waals surface area contributed by atoms with E-state index in [1.807, 2.05) is 0 Å². The summed E-state index contributed by atoms with van der Waals surface area (Å²) < 4.78 is 40.8. The first-order valence-corrected chi connectivity index (χ1v) is 10.4. The molecule has 2 aliphatic heterocycles. The van der Waals surface area contributed by atoms with Gasteiger partial charge in [-0.1, -0.05) is 0 Å². The van der Waals surface area contributed by atoms with Crippen LogP contribution in [0.5, 0.6) is 11.5 Å². The smallest absolute Gasteiger partial charge is 0.308 e. The van der Waals surface area contributed by atoms with Gasteiger partial charge in [0, 0.05) is 19.2 Å². The molecule has 2 aliphatic rings. The van der Waals surface area contributed by atoms with Gasteiger partial charge in [0.25, 0.3) is 0 Å². The van der Waals surface area contributed by atoms with Crippen LogP contribution in [0, 0.1) is 5.92 Å². The van der Waals surface area contributed by atoms with Gasteiger partial charge in [-0.3, -0.25) is 13.9 Å². The Kier molecular flexibility index (Phi) is 5.45. The van der Waals surface area contributed by atoms with Crippen LogP contribution in [0.25, 0.3) is 0 Å². The molecule has 2 heterocycles. The highest BCUT2D eigenvalue weighted by atomic mass is 32.2. The number of hydrogen-bond acceptors (Lipinski definition) is 7. The van der Waals surface area contributed by atoms with E-state index in [-0.39, 0.29) is 31.1 Å². The number of likely N-dealkylation sites (tertiary alicyclic amines) is 1. The number of ether oxygens (including phenoxy) is 3. The first kappa shape index (κ1) is 19.3. The number of benzene rings is 1. The van der Waals surface area contributed by atoms with E-state index in [1.165, 1.54) is 7.11 Å². The van der Waals surface area contributed by atoms with E-state index in [0.29, 0.717) is 43.1 Å². The first-order valence-electron chi connectivity index (χ1n) is 8.52. The van der Waals surface area contributed by atoms with Crippen molar-refractivity contribution < 1.29 is 32.2 Å². The number of nitrogens with zero attached hydrogens (tertiary/aromatic N) is 2. The van der Waals surface area contributed by atoms with Gasteiger partial charge in [-0.2, -0.15) is 0 Å². The SMILES string of the molecule is COC(=O)C1CCN(C(=O)CN(c2ccc3c(c2)OCO3)S(C)(=O)=O)CC1. The normalized spacial score (nSPS) is 16.9. The van der Waals surface area contributed by atoms with Crippen LogP contribution in [0.2, 0.25) is 0 Å². The summed E-state index contributed by atoms with van der Waals surface area (Å²) in [5.41, 5.74) is 0.333. The fraction of sp³-hybridized carbons (Fsp3) is 0.529. The van der Waals surface area contributed by atoms with Gasteiger partial charge in [0.05, 0.1) is 25.0 Å². The molecule has 0 radical (unpaired) electrons. The lowest BCUT2D eigenvalue weighted by Gasteiger charge is -2.32. The molecule has 9 nitrogen and oxygen atoms in total. The van der Waals surface area contributed by atoms with Crippen molar-refractivity contribution in [2.45, 2.75) is 12.8 Å². The molecule has 0 saturated carbocycles. The minimum atomic E-state index is -3.68. The summed E-state index contributed by atoms with van der Waals surface area (Å²) in [4.78, 5) is 25.8. The van der Waals surface area contributed by atoms with Gasteiger partial charge in [0.1, 0.15) is 6.54 Å². The molecule has 148 valence electrons. The third-order valence-corrected chi connectivity index (χ3v) is 5.85. The molecule has 1 aromatic rings. The van der Waals surface area contributed by atoms with Crippen molar-refractivity contribution in [3.05, 3.63) is 18.2 Å². The summed E-state index contributed by atoms with van der Waals surface area (Å²) in [6.07, 6.45) is 2.05. The van der Waals surface area contributed by atoms with Crippen LogP contribution < -0.4 is 13.8 Å². The van der Waals surface area contributed by atoms with Crippen LogP contribution in [0.1, 0.15) is 12.8 Å². The zero-order valence-corrected chi connectivity index (χ0v) is 16.0. The zero-order valence-electron chi connectivity index (χ0n) is 15.2. The topological polar surface area (TPSA) is 102 Å². The van der Waals surface area contributed by atoms with E-state index in [4.69, 9.17) is 14.2 Å². The molecule has 1 aromatic carbocycles. The van der Waals surface area contributed by atoms with Crippen LogP contribution >= 0.6 is 0 Å². The Morgan fingerprint density at radius 2 is 1.89 bits per heavy atom. The Morgan fingerprint density at radius 1 is 1.22 bits per heavy atom. The molecule has 0 aliphatic carbocycles. The average molecular weight is 398 g/mol. The Balaban J connectivity index is 1.71. The molecule has 3 rings (SSSR count). The lowest BCUT2D eigenvalue weighted by atomic mass is 9.97. The summed E-state index contributed by atoms with van der Waals surface area (Å²) in [5.74, 6) is 0.149. The van der Waals surface area contributed by atoms with E-state index in [1.54, 1.807) is 23.1 Å². The number of amides is 1. The van der Waals surface area contributed by atoms with E-state index < -0.39 is 10.0 Å². The lowest BCUT2D eigenvalue weighted by molar-refractivity contribution is -0.148. The van der Waals surface area contributed by atoms with E-state index in [2.05, 4.69) is 0 Å². The van der Waals surface area contributed by atoms with E-state index >= 15 is 0 Å². The number of carbonyl (C=O) groups excluding carboxylic acids is 2. The minimum absolute atomic E-state index is 0.0751. The Bertz CT molecular complexity index is 832. The molecule has 0 unspecified atom stereocenters. The maximum atomic E-state index is 12.7. The second-order valence-corrected chi connectivity index (χ2v) is 8.39. The quantitative estimate of drug-likeness (QED) is 0.669. The summed E-state index contributed by atoms with van der Waals surface area (Å²) in [7, 11) is -2.34. The molecule has 10 heteroatoms. The van der Waals surface area contributed by atoms with Gasteiger partial charge < -0.3 is 19.1 Å². The number of carbonyl (C=O) groups is 2. The second-order valence-electron chi connectivity index (χ2n) is 6.49. The van der Waals surface area contributed by atoms with Crippen molar-refractivity contribution in [1.82, 2.24) is 4.90 Å². The molecule has 0 spiro atoms. The Hall–Kier alpha value is -2.49. The van der Waals surface area contributed by atoms with Crippen LogP contribution in [0.3, 0.4) is 0 Å². The number of methoxy groups -OCH3 is 1. The van der Waals surface area contributed by atoms with Crippen molar-refractivity contribution in [3.63, 3.8) is 0 Å². The molecule has 0 aromatic heterocycles. The summed E-state index contributed by atoms with van der Waals surface area (Å²) in [6, 6.07) is 4.73. The highest BCUT2D eigenvalue weighted by Crippen LogP contribution is 2.36. The standard InChI is InChI=1S/C17H22N2O7S/c1-24-17(21)12-5-7-18(8-6-12)16(20)10-19(27(2,22)23)13-3-4-14-15(9-13)26-11-25-14/h3-4,9,12H,5-8,10-11H2,1-2H3. The molecule has 0 bridgehead atoms. The fourth-order valence-electron chi connectivity index (χ4n) is 3.19. The Labute approximate surface area is 157 Å². The summed E-state index contributed by atoms with van der Waals surface area (Å²) >= 11 is 0. The van der Waals surface area contributed by atoms with Crippen LogP contribution in [-0.2, 0) is 24.3 Å². The van der Waals surface area contributed by atoms with E-state index in [0.717, 1.165) is 10.6 Å². The maximum absolute atomic E-state index is 12.7. The highest BCUT2D eigenvalue weighted by Gasteiger charge is 2.30. The van der Waals surface area contributed by atoms with Gasteiger partial charge in [-0.05, 0) is 25.0 Å². The number of hydrogen-bond donors (Lipinski definition) is 0. The number of anilines is 1. The summed E-state index contributed by atoms with van der Waals surface area (Å²) in [6.45, 7) is 0.530. The van der Waals surface area contributed by atoms with E-state index in [9.17, 15) is 18.0 Å².